The van der Waals surface area contributed by atoms with Gasteiger partial charge < -0.3 is 4.74 Å². The van der Waals surface area contributed by atoms with Crippen LogP contribution in [0.1, 0.15) is 0 Å². The molecular formula is C4H8NO2. The summed E-state index contributed by atoms with van der Waals surface area (Å²) in [5.41, 5.74) is 3.67. The number of methoxy groups -OCH3 is 1. The molecule has 2 N–H and O–H groups in total. The van der Waals surface area contributed by atoms with Crippen LogP contribution in [-0.2, 0) is 9.53 Å². The molecule has 0 aliphatic heterocycles. The average molecular weight is 102 g/mol. The van der Waals surface area contributed by atoms with Crippen LogP contribution in [0, 0.1) is 6.92 Å². The molecular weight excluding hydrogens is 94.0 g/mol. The van der Waals surface area contributed by atoms with Crippen LogP contribution >= 0.6 is 0 Å². The third-order valence-corrected chi connectivity index (χ3v) is 0.580. The van der Waals surface area contributed by atoms with Gasteiger partial charge in [-0.2, -0.15) is 0 Å². The SMILES string of the molecule is [CH2][C@](N)(C=O)OC. The van der Waals surface area contributed by atoms with Crippen LogP contribution in [0.25, 0.3) is 0 Å². The van der Waals surface area contributed by atoms with Gasteiger partial charge in [-0.05, 0) is 0 Å². The third-order valence-electron chi connectivity index (χ3n) is 0.580. The topological polar surface area (TPSA) is 52.3 Å². The molecule has 0 fully saturated rings. The first-order valence-corrected chi connectivity index (χ1v) is 1.78. The van der Waals surface area contributed by atoms with Gasteiger partial charge in [0.1, 0.15) is 0 Å². The third kappa shape index (κ3) is 2.31. The van der Waals surface area contributed by atoms with Crippen molar-refractivity contribution in [2.24, 2.45) is 5.73 Å². The predicted molar refractivity (Wildman–Crippen MR) is 25.3 cm³/mol. The highest BCUT2D eigenvalue weighted by atomic mass is 16.5. The van der Waals surface area contributed by atoms with Crippen molar-refractivity contribution in [3.8, 4) is 0 Å². The van der Waals surface area contributed by atoms with E-state index in [0.717, 1.165) is 0 Å². The molecule has 1 radical (unpaired) electrons. The summed E-state index contributed by atoms with van der Waals surface area (Å²) in [6.07, 6.45) is 0.438. The number of rotatable bonds is 2. The number of hydrogen-bond donors (Lipinski definition) is 1. The molecule has 0 heterocycles. The Labute approximate surface area is 42.4 Å². The molecule has 0 saturated heterocycles. The van der Waals surface area contributed by atoms with Crippen LogP contribution in [-0.4, -0.2) is 19.1 Å². The molecule has 0 bridgehead atoms. The second kappa shape index (κ2) is 2.04. The fourth-order valence-corrected chi connectivity index (χ4v) is 0.0481. The molecule has 0 aromatic carbocycles. The molecule has 1 atom stereocenters. The molecule has 0 aromatic rings. The summed E-state index contributed by atoms with van der Waals surface area (Å²) in [4.78, 5) is 9.75. The van der Waals surface area contributed by atoms with Gasteiger partial charge in [0.15, 0.2) is 12.0 Å². The Hall–Kier alpha value is -0.410. The molecule has 3 heteroatoms. The van der Waals surface area contributed by atoms with Gasteiger partial charge in [0.05, 0.1) is 0 Å². The van der Waals surface area contributed by atoms with Gasteiger partial charge in [0.25, 0.3) is 0 Å². The summed E-state index contributed by atoms with van der Waals surface area (Å²) < 4.78 is 4.39. The normalized spacial score (nSPS) is 18.1. The first-order chi connectivity index (χ1) is 3.12. The Kier molecular flexibility index (Phi) is 1.92. The molecule has 0 unspecified atom stereocenters. The van der Waals surface area contributed by atoms with Crippen LogP contribution in [0.2, 0.25) is 0 Å². The largest absolute Gasteiger partial charge is 0.357 e. The minimum Gasteiger partial charge on any atom is -0.357 e. The zero-order valence-electron chi connectivity index (χ0n) is 4.18. The fraction of sp³-hybridized carbons (Fsp3) is 0.500. The van der Waals surface area contributed by atoms with Crippen molar-refractivity contribution in [1.82, 2.24) is 0 Å². The summed E-state index contributed by atoms with van der Waals surface area (Å²) in [5.74, 6) is 0. The molecule has 0 aliphatic carbocycles. The molecule has 0 aromatic heterocycles. The minimum atomic E-state index is -1.35. The van der Waals surface area contributed by atoms with E-state index in [4.69, 9.17) is 5.73 Å². The Balaban J connectivity index is 3.58. The molecule has 3 nitrogen and oxygen atoms in total. The highest BCUT2D eigenvalue weighted by Gasteiger charge is 2.13. The van der Waals surface area contributed by atoms with Gasteiger partial charge in [0.2, 0.25) is 0 Å². The van der Waals surface area contributed by atoms with Crippen molar-refractivity contribution < 1.29 is 9.53 Å². The van der Waals surface area contributed by atoms with Gasteiger partial charge in [0, 0.05) is 14.0 Å². The van der Waals surface area contributed by atoms with E-state index in [1.54, 1.807) is 0 Å². The summed E-state index contributed by atoms with van der Waals surface area (Å²) in [7, 11) is 1.32. The number of carbonyl (C=O) groups is 1. The standard InChI is InChI=1S/C4H8NO2/c1-4(5,3-6)7-2/h3H,1,5H2,2H3/t4-/m1/s1. The molecule has 0 rings (SSSR count). The van der Waals surface area contributed by atoms with Gasteiger partial charge in [-0.3, -0.25) is 10.5 Å². The molecule has 0 aliphatic rings. The monoisotopic (exact) mass is 102 g/mol. The highest BCUT2D eigenvalue weighted by Crippen LogP contribution is 1.89. The maximum atomic E-state index is 9.75. The van der Waals surface area contributed by atoms with Crippen LogP contribution in [0.5, 0.6) is 0 Å². The molecule has 41 valence electrons. The second-order valence-corrected chi connectivity index (χ2v) is 1.28. The van der Waals surface area contributed by atoms with Gasteiger partial charge >= 0.3 is 0 Å². The zero-order valence-corrected chi connectivity index (χ0v) is 4.18. The number of aldehydes is 1. The quantitative estimate of drug-likeness (QED) is 0.371. The minimum absolute atomic E-state index is 0.438. The predicted octanol–water partition coefficient (Wildman–Crippen LogP) is -0.679. The second-order valence-electron chi connectivity index (χ2n) is 1.28. The summed E-state index contributed by atoms with van der Waals surface area (Å²) >= 11 is 0. The maximum Gasteiger partial charge on any atom is 0.172 e. The lowest BCUT2D eigenvalue weighted by Crippen LogP contribution is -2.40. The van der Waals surface area contributed by atoms with E-state index >= 15 is 0 Å². The Bertz CT molecular complexity index is 70.1. The lowest BCUT2D eigenvalue weighted by molar-refractivity contribution is -0.122. The van der Waals surface area contributed by atoms with E-state index in [-0.39, 0.29) is 0 Å². The van der Waals surface area contributed by atoms with E-state index in [1.165, 1.54) is 7.11 Å². The highest BCUT2D eigenvalue weighted by molar-refractivity contribution is 5.62. The average Bonchev–Trinajstić information content (AvgIpc) is 1.68. The van der Waals surface area contributed by atoms with Crippen molar-refractivity contribution in [3.63, 3.8) is 0 Å². The Morgan fingerprint density at radius 2 is 2.43 bits per heavy atom. The van der Waals surface area contributed by atoms with Gasteiger partial charge in [-0.1, -0.05) is 0 Å². The number of nitrogens with two attached hydrogens (primary N) is 1. The van der Waals surface area contributed by atoms with E-state index < -0.39 is 5.72 Å². The molecule has 0 spiro atoms. The summed E-state index contributed by atoms with van der Waals surface area (Å²) in [5, 5.41) is 0. The van der Waals surface area contributed by atoms with Crippen LogP contribution in [0.15, 0.2) is 0 Å². The summed E-state index contributed by atoms with van der Waals surface area (Å²) in [6, 6.07) is 0. The lowest BCUT2D eigenvalue weighted by atomic mass is 10.3. The maximum absolute atomic E-state index is 9.75. The Morgan fingerprint density at radius 1 is 2.00 bits per heavy atom. The van der Waals surface area contributed by atoms with E-state index in [0.29, 0.717) is 6.29 Å². The van der Waals surface area contributed by atoms with E-state index in [9.17, 15) is 4.79 Å². The summed E-state index contributed by atoms with van der Waals surface area (Å²) in [6.45, 7) is 3.19. The zero-order chi connectivity index (χ0) is 5.91. The van der Waals surface area contributed by atoms with Crippen molar-refractivity contribution in [2.75, 3.05) is 7.11 Å². The lowest BCUT2D eigenvalue weighted by Gasteiger charge is -2.12. The van der Waals surface area contributed by atoms with Crippen LogP contribution < -0.4 is 5.73 Å². The van der Waals surface area contributed by atoms with Gasteiger partial charge in [-0.25, -0.2) is 0 Å². The van der Waals surface area contributed by atoms with E-state index in [1.807, 2.05) is 0 Å². The number of carbonyl (C=O) groups excluding carboxylic acids is 1. The Morgan fingerprint density at radius 3 is 2.43 bits per heavy atom. The fourth-order valence-electron chi connectivity index (χ4n) is 0.0481. The first-order valence-electron chi connectivity index (χ1n) is 1.78. The van der Waals surface area contributed by atoms with E-state index in [2.05, 4.69) is 11.7 Å². The number of ether oxygens (including phenoxy) is 1. The van der Waals surface area contributed by atoms with Crippen LogP contribution in [0.4, 0.5) is 0 Å². The smallest absolute Gasteiger partial charge is 0.172 e. The molecule has 0 amide bonds. The van der Waals surface area contributed by atoms with Crippen molar-refractivity contribution >= 4 is 6.29 Å². The van der Waals surface area contributed by atoms with Crippen molar-refractivity contribution in [2.45, 2.75) is 5.72 Å². The van der Waals surface area contributed by atoms with Crippen LogP contribution in [0.3, 0.4) is 0 Å². The van der Waals surface area contributed by atoms with Gasteiger partial charge in [-0.15, -0.1) is 0 Å². The van der Waals surface area contributed by atoms with Crippen molar-refractivity contribution in [1.29, 1.82) is 0 Å². The number of hydrogen-bond acceptors (Lipinski definition) is 3. The molecule has 0 saturated carbocycles. The molecule has 7 heavy (non-hydrogen) atoms. The van der Waals surface area contributed by atoms with Crippen molar-refractivity contribution in [3.05, 3.63) is 6.92 Å². The first kappa shape index (κ1) is 6.59.